The van der Waals surface area contributed by atoms with Gasteiger partial charge in [0.15, 0.2) is 0 Å². The van der Waals surface area contributed by atoms with E-state index in [4.69, 9.17) is 0 Å². The van der Waals surface area contributed by atoms with E-state index in [1.165, 1.54) is 17.7 Å². The van der Waals surface area contributed by atoms with Gasteiger partial charge in [-0.15, -0.1) is 13.2 Å². The van der Waals surface area contributed by atoms with Gasteiger partial charge in [-0.25, -0.2) is 9.13 Å². The molecule has 0 amide bonds. The first-order chi connectivity index (χ1) is 11.0. The average Bonchev–Trinajstić information content (AvgIpc) is 2.96. The van der Waals surface area contributed by atoms with Crippen LogP contribution < -0.4 is 9.30 Å². The number of imidazole rings is 1. The van der Waals surface area contributed by atoms with Crippen LogP contribution in [0.3, 0.4) is 0 Å². The number of benzene rings is 2. The summed E-state index contributed by atoms with van der Waals surface area (Å²) in [5.74, 6) is -0.231. The van der Waals surface area contributed by atoms with Crippen molar-refractivity contribution in [3.63, 3.8) is 0 Å². The van der Waals surface area contributed by atoms with Crippen molar-refractivity contribution in [3.05, 3.63) is 78.9 Å². The highest BCUT2D eigenvalue weighted by Gasteiger charge is 2.31. The molecule has 0 aliphatic carbocycles. The Bertz CT molecular complexity index is 765. The fraction of sp³-hybridized carbons (Fsp3) is 0.118. The summed E-state index contributed by atoms with van der Waals surface area (Å²) < 4.78 is 44.1. The van der Waals surface area contributed by atoms with Gasteiger partial charge < -0.3 is 4.74 Å². The van der Waals surface area contributed by atoms with Crippen LogP contribution in [-0.2, 0) is 6.54 Å². The van der Waals surface area contributed by atoms with Crippen LogP contribution in [0.25, 0.3) is 5.69 Å². The Morgan fingerprint density at radius 2 is 1.65 bits per heavy atom. The first-order valence-corrected chi connectivity index (χ1v) is 6.97. The number of aromatic nitrogens is 2. The van der Waals surface area contributed by atoms with Crippen LogP contribution in [0, 0.1) is 0 Å². The first kappa shape index (κ1) is 15.1. The molecule has 0 saturated heterocycles. The quantitative estimate of drug-likeness (QED) is 0.671. The van der Waals surface area contributed by atoms with Crippen LogP contribution in [0.4, 0.5) is 13.2 Å². The van der Waals surface area contributed by atoms with Crippen LogP contribution in [0.2, 0.25) is 0 Å². The third-order valence-electron chi connectivity index (χ3n) is 3.27. The van der Waals surface area contributed by atoms with Crippen LogP contribution in [0.5, 0.6) is 5.75 Å². The molecular formula is C17H14F3N2O+. The van der Waals surface area contributed by atoms with Crippen molar-refractivity contribution in [3.8, 4) is 11.4 Å². The van der Waals surface area contributed by atoms with Crippen molar-refractivity contribution < 1.29 is 22.5 Å². The maximum atomic E-state index is 12.1. The Kier molecular flexibility index (Phi) is 4.06. The van der Waals surface area contributed by atoms with E-state index in [0.717, 1.165) is 12.2 Å². The number of ether oxygens (including phenoxy) is 1. The fourth-order valence-corrected chi connectivity index (χ4v) is 2.25. The average molecular weight is 319 g/mol. The summed E-state index contributed by atoms with van der Waals surface area (Å²) in [6, 6.07) is 15.7. The minimum atomic E-state index is -4.67. The summed E-state index contributed by atoms with van der Waals surface area (Å²) >= 11 is 0. The second-order valence-electron chi connectivity index (χ2n) is 5.02. The molecule has 2 aromatic carbocycles. The van der Waals surface area contributed by atoms with Gasteiger partial charge in [0.25, 0.3) is 0 Å². The zero-order chi connectivity index (χ0) is 16.3. The molecule has 23 heavy (non-hydrogen) atoms. The molecule has 0 N–H and O–H groups in total. The summed E-state index contributed by atoms with van der Waals surface area (Å²) in [5.41, 5.74) is 1.93. The Morgan fingerprint density at radius 3 is 2.30 bits per heavy atom. The number of nitrogens with zero attached hydrogens (tertiary/aromatic N) is 2. The van der Waals surface area contributed by atoms with Gasteiger partial charge in [-0.05, 0) is 29.8 Å². The highest BCUT2D eigenvalue weighted by molar-refractivity contribution is 5.37. The molecule has 0 aliphatic rings. The van der Waals surface area contributed by atoms with Gasteiger partial charge in [-0.3, -0.25) is 0 Å². The Labute approximate surface area is 131 Å². The highest BCUT2D eigenvalue weighted by atomic mass is 19.4. The van der Waals surface area contributed by atoms with Crippen LogP contribution in [0.1, 0.15) is 5.56 Å². The minimum absolute atomic E-state index is 0.231. The molecular weight excluding hydrogens is 305 g/mol. The topological polar surface area (TPSA) is 18.0 Å². The van der Waals surface area contributed by atoms with Gasteiger partial charge >= 0.3 is 6.36 Å². The van der Waals surface area contributed by atoms with E-state index >= 15 is 0 Å². The minimum Gasteiger partial charge on any atom is -0.406 e. The molecule has 3 rings (SSSR count). The highest BCUT2D eigenvalue weighted by Crippen LogP contribution is 2.23. The lowest BCUT2D eigenvalue weighted by molar-refractivity contribution is -0.687. The Morgan fingerprint density at radius 1 is 0.957 bits per heavy atom. The predicted molar refractivity (Wildman–Crippen MR) is 78.2 cm³/mol. The van der Waals surface area contributed by atoms with Crippen molar-refractivity contribution in [2.75, 3.05) is 0 Å². The molecule has 0 radical (unpaired) electrons. The van der Waals surface area contributed by atoms with Gasteiger partial charge in [-0.2, -0.15) is 0 Å². The molecule has 0 bridgehead atoms. The lowest BCUT2D eigenvalue weighted by Gasteiger charge is -2.08. The van der Waals surface area contributed by atoms with Crippen LogP contribution >= 0.6 is 0 Å². The molecule has 6 heteroatoms. The standard InChI is InChI=1S/C17H14F3N2O/c18-17(19,20)23-16-8-6-15(7-9-16)22-11-10-21(13-22)12-14-4-2-1-3-5-14/h1-11,13H,12H2/q+1. The summed E-state index contributed by atoms with van der Waals surface area (Å²) in [6.07, 6.45) is 0.968. The monoisotopic (exact) mass is 319 g/mol. The molecule has 0 spiro atoms. The molecule has 118 valence electrons. The third kappa shape index (κ3) is 4.12. The van der Waals surface area contributed by atoms with Crippen molar-refractivity contribution in [1.82, 2.24) is 4.57 Å². The predicted octanol–water partition coefficient (Wildman–Crippen LogP) is 3.71. The third-order valence-corrected chi connectivity index (χ3v) is 3.27. The molecule has 3 aromatic rings. The van der Waals surface area contributed by atoms with Crippen molar-refractivity contribution in [2.45, 2.75) is 12.9 Å². The lowest BCUT2D eigenvalue weighted by atomic mass is 10.2. The molecule has 3 nitrogen and oxygen atoms in total. The van der Waals surface area contributed by atoms with Gasteiger partial charge in [0.2, 0.25) is 6.33 Å². The van der Waals surface area contributed by atoms with Gasteiger partial charge in [0.05, 0.1) is 0 Å². The summed E-state index contributed by atoms with van der Waals surface area (Å²) in [4.78, 5) is 0. The van der Waals surface area contributed by atoms with Crippen molar-refractivity contribution in [1.29, 1.82) is 0 Å². The normalized spacial score (nSPS) is 11.4. The second kappa shape index (κ2) is 6.16. The number of alkyl halides is 3. The number of hydrogen-bond donors (Lipinski definition) is 0. The molecule has 0 atom stereocenters. The van der Waals surface area contributed by atoms with E-state index in [-0.39, 0.29) is 5.75 Å². The fourth-order valence-electron chi connectivity index (χ4n) is 2.25. The molecule has 0 aliphatic heterocycles. The maximum absolute atomic E-state index is 12.1. The second-order valence-corrected chi connectivity index (χ2v) is 5.02. The van der Waals surface area contributed by atoms with Gasteiger partial charge in [-0.1, -0.05) is 30.3 Å². The Balaban J connectivity index is 1.73. The van der Waals surface area contributed by atoms with E-state index in [0.29, 0.717) is 0 Å². The van der Waals surface area contributed by atoms with E-state index in [1.807, 2.05) is 58.2 Å². The van der Waals surface area contributed by atoms with Gasteiger partial charge in [0.1, 0.15) is 30.4 Å². The largest absolute Gasteiger partial charge is 0.573 e. The Hall–Kier alpha value is -2.76. The van der Waals surface area contributed by atoms with Gasteiger partial charge in [0, 0.05) is 0 Å². The maximum Gasteiger partial charge on any atom is 0.573 e. The van der Waals surface area contributed by atoms with Crippen LogP contribution in [0.15, 0.2) is 73.3 Å². The summed E-state index contributed by atoms with van der Waals surface area (Å²) in [5, 5.41) is 0. The van der Waals surface area contributed by atoms with E-state index in [1.54, 1.807) is 12.1 Å². The molecule has 0 fully saturated rings. The van der Waals surface area contributed by atoms with Crippen LogP contribution in [-0.4, -0.2) is 10.9 Å². The summed E-state index contributed by atoms with van der Waals surface area (Å²) in [7, 11) is 0. The molecule has 0 saturated carbocycles. The SMILES string of the molecule is FC(F)(F)Oc1ccc(-n2cc[n+](Cc3ccccc3)c2)cc1. The number of halogens is 3. The van der Waals surface area contributed by atoms with E-state index in [2.05, 4.69) is 4.74 Å². The van der Waals surface area contributed by atoms with Crippen molar-refractivity contribution >= 4 is 0 Å². The molecule has 1 aromatic heterocycles. The number of hydrogen-bond acceptors (Lipinski definition) is 1. The smallest absolute Gasteiger partial charge is 0.406 e. The molecule has 1 heterocycles. The zero-order valence-corrected chi connectivity index (χ0v) is 12.1. The van der Waals surface area contributed by atoms with E-state index < -0.39 is 6.36 Å². The summed E-state index contributed by atoms with van der Waals surface area (Å²) in [6.45, 7) is 0.725. The first-order valence-electron chi connectivity index (χ1n) is 6.97. The molecule has 0 unspecified atom stereocenters. The van der Waals surface area contributed by atoms with E-state index in [9.17, 15) is 13.2 Å². The zero-order valence-electron chi connectivity index (χ0n) is 12.1. The van der Waals surface area contributed by atoms with Crippen molar-refractivity contribution in [2.24, 2.45) is 0 Å². The number of rotatable bonds is 4. The lowest BCUT2D eigenvalue weighted by Crippen LogP contribution is -2.31.